The predicted octanol–water partition coefficient (Wildman–Crippen LogP) is 2.61. The quantitative estimate of drug-likeness (QED) is 0.356. The molecule has 0 unspecified atom stereocenters. The van der Waals surface area contributed by atoms with Crippen molar-refractivity contribution in [1.29, 1.82) is 0 Å². The lowest BCUT2D eigenvalue weighted by molar-refractivity contribution is -0.384. The molecule has 0 amide bonds. The van der Waals surface area contributed by atoms with E-state index in [0.717, 1.165) is 30.3 Å². The lowest BCUT2D eigenvalue weighted by Crippen LogP contribution is -2.25. The number of rotatable bonds is 7. The molecule has 2 N–H and O–H groups in total. The minimum Gasteiger partial charge on any atom is -0.398 e. The van der Waals surface area contributed by atoms with Crippen LogP contribution in [-0.4, -0.2) is 35.2 Å². The third-order valence-electron chi connectivity index (χ3n) is 2.76. The van der Waals surface area contributed by atoms with E-state index in [4.69, 9.17) is 5.73 Å². The van der Waals surface area contributed by atoms with Gasteiger partial charge in [-0.2, -0.15) is 0 Å². The van der Waals surface area contributed by atoms with Crippen LogP contribution in [0.25, 0.3) is 0 Å². The van der Waals surface area contributed by atoms with Gasteiger partial charge in [-0.25, -0.2) is 0 Å². The van der Waals surface area contributed by atoms with E-state index < -0.39 is 4.92 Å². The first-order chi connectivity index (χ1) is 8.58. The Morgan fingerprint density at radius 3 is 2.56 bits per heavy atom. The fraction of sp³-hybridized carbons (Fsp3) is 0.500. The van der Waals surface area contributed by atoms with Crippen molar-refractivity contribution in [3.63, 3.8) is 0 Å². The van der Waals surface area contributed by atoms with Crippen LogP contribution in [0.15, 0.2) is 23.1 Å². The highest BCUT2D eigenvalue weighted by atomic mass is 32.2. The summed E-state index contributed by atoms with van der Waals surface area (Å²) in [5, 5.41) is 10.6. The van der Waals surface area contributed by atoms with Gasteiger partial charge in [-0.3, -0.25) is 10.1 Å². The van der Waals surface area contributed by atoms with Gasteiger partial charge in [-0.1, -0.05) is 13.8 Å². The fourth-order valence-corrected chi connectivity index (χ4v) is 2.56. The van der Waals surface area contributed by atoms with Crippen molar-refractivity contribution in [3.05, 3.63) is 28.3 Å². The maximum atomic E-state index is 10.6. The summed E-state index contributed by atoms with van der Waals surface area (Å²) < 4.78 is 0. The molecule has 18 heavy (non-hydrogen) atoms. The molecular formula is C12H19N3O2S. The molecule has 0 aromatic heterocycles. The number of nitrogen functional groups attached to an aromatic ring is 1. The molecule has 0 radical (unpaired) electrons. The summed E-state index contributed by atoms with van der Waals surface area (Å²) in [5.74, 6) is 0.934. The van der Waals surface area contributed by atoms with Crippen LogP contribution in [0.2, 0.25) is 0 Å². The molecule has 0 aliphatic carbocycles. The highest BCUT2D eigenvalue weighted by molar-refractivity contribution is 7.99. The van der Waals surface area contributed by atoms with Crippen molar-refractivity contribution in [3.8, 4) is 0 Å². The topological polar surface area (TPSA) is 72.4 Å². The molecule has 1 aromatic carbocycles. The Morgan fingerprint density at radius 1 is 1.39 bits per heavy atom. The van der Waals surface area contributed by atoms with E-state index in [-0.39, 0.29) is 5.69 Å². The van der Waals surface area contributed by atoms with Crippen LogP contribution in [0.3, 0.4) is 0 Å². The summed E-state index contributed by atoms with van der Waals surface area (Å²) >= 11 is 1.64. The number of thioether (sulfide) groups is 1. The lowest BCUT2D eigenvalue weighted by atomic mass is 10.3. The molecule has 0 aliphatic heterocycles. The van der Waals surface area contributed by atoms with Crippen LogP contribution >= 0.6 is 11.8 Å². The van der Waals surface area contributed by atoms with E-state index in [9.17, 15) is 10.1 Å². The average molecular weight is 269 g/mol. The van der Waals surface area contributed by atoms with Crippen molar-refractivity contribution in [1.82, 2.24) is 4.90 Å². The van der Waals surface area contributed by atoms with Crippen LogP contribution in [0.4, 0.5) is 11.4 Å². The van der Waals surface area contributed by atoms with E-state index >= 15 is 0 Å². The van der Waals surface area contributed by atoms with Gasteiger partial charge in [-0.05, 0) is 19.2 Å². The van der Waals surface area contributed by atoms with Crippen LogP contribution in [0.1, 0.15) is 13.8 Å². The molecule has 0 atom stereocenters. The van der Waals surface area contributed by atoms with Crippen molar-refractivity contribution in [2.24, 2.45) is 0 Å². The van der Waals surface area contributed by atoms with E-state index in [1.54, 1.807) is 17.8 Å². The Hall–Kier alpha value is -1.27. The standard InChI is InChI=1S/C12H19N3O2S/c1-3-14(4-2)7-8-18-12-6-5-10(15(16)17)9-11(12)13/h5-6,9H,3-4,7-8,13H2,1-2H3. The molecule has 5 nitrogen and oxygen atoms in total. The number of nitro benzene ring substituents is 1. The maximum absolute atomic E-state index is 10.6. The highest BCUT2D eigenvalue weighted by Gasteiger charge is 2.09. The van der Waals surface area contributed by atoms with Crippen molar-refractivity contribution in [2.75, 3.05) is 31.1 Å². The molecule has 1 aromatic rings. The summed E-state index contributed by atoms with van der Waals surface area (Å²) in [6, 6.07) is 4.64. The molecule has 0 bridgehead atoms. The number of nitrogens with two attached hydrogens (primary N) is 1. The van der Waals surface area contributed by atoms with Crippen LogP contribution < -0.4 is 5.73 Å². The normalized spacial score (nSPS) is 10.8. The molecule has 0 spiro atoms. The zero-order chi connectivity index (χ0) is 13.5. The van der Waals surface area contributed by atoms with Crippen LogP contribution in [-0.2, 0) is 0 Å². The third kappa shape index (κ3) is 4.19. The molecule has 100 valence electrons. The molecule has 0 saturated heterocycles. The second kappa shape index (κ2) is 7.23. The van der Waals surface area contributed by atoms with Crippen LogP contribution in [0, 0.1) is 10.1 Å². The lowest BCUT2D eigenvalue weighted by Gasteiger charge is -2.17. The Labute approximate surface area is 111 Å². The number of hydrogen-bond acceptors (Lipinski definition) is 5. The summed E-state index contributed by atoms with van der Waals surface area (Å²) in [7, 11) is 0. The zero-order valence-electron chi connectivity index (χ0n) is 10.8. The smallest absolute Gasteiger partial charge is 0.271 e. The second-order valence-electron chi connectivity index (χ2n) is 3.85. The summed E-state index contributed by atoms with van der Waals surface area (Å²) in [6.07, 6.45) is 0. The first kappa shape index (κ1) is 14.8. The first-order valence-electron chi connectivity index (χ1n) is 5.97. The predicted molar refractivity (Wildman–Crippen MR) is 76.0 cm³/mol. The van der Waals surface area contributed by atoms with Gasteiger partial charge in [0.2, 0.25) is 0 Å². The molecule has 0 saturated carbocycles. The van der Waals surface area contributed by atoms with Crippen molar-refractivity contribution < 1.29 is 4.92 Å². The monoisotopic (exact) mass is 269 g/mol. The molecular weight excluding hydrogens is 250 g/mol. The van der Waals surface area contributed by atoms with E-state index in [1.807, 2.05) is 0 Å². The van der Waals surface area contributed by atoms with Gasteiger partial charge in [0, 0.05) is 29.3 Å². The summed E-state index contributed by atoms with van der Waals surface area (Å²) in [5.41, 5.74) is 6.32. The molecule has 6 heteroatoms. The number of nitro groups is 1. The Kier molecular flexibility index (Phi) is 5.94. The van der Waals surface area contributed by atoms with E-state index in [0.29, 0.717) is 5.69 Å². The van der Waals surface area contributed by atoms with Gasteiger partial charge in [0.25, 0.3) is 5.69 Å². The van der Waals surface area contributed by atoms with Gasteiger partial charge < -0.3 is 10.6 Å². The number of anilines is 1. The average Bonchev–Trinajstić information content (AvgIpc) is 2.36. The van der Waals surface area contributed by atoms with E-state index in [1.165, 1.54) is 12.1 Å². The van der Waals surface area contributed by atoms with Gasteiger partial charge in [0.1, 0.15) is 0 Å². The Morgan fingerprint density at radius 2 is 2.06 bits per heavy atom. The number of non-ortho nitro benzene ring substituents is 1. The highest BCUT2D eigenvalue weighted by Crippen LogP contribution is 2.28. The van der Waals surface area contributed by atoms with Crippen LogP contribution in [0.5, 0.6) is 0 Å². The van der Waals surface area contributed by atoms with Crippen molar-refractivity contribution >= 4 is 23.1 Å². The number of nitrogens with zero attached hydrogens (tertiary/aromatic N) is 2. The van der Waals surface area contributed by atoms with Gasteiger partial charge in [0.05, 0.1) is 10.6 Å². The largest absolute Gasteiger partial charge is 0.398 e. The minimum absolute atomic E-state index is 0.0422. The van der Waals surface area contributed by atoms with Gasteiger partial charge >= 0.3 is 0 Å². The number of hydrogen-bond donors (Lipinski definition) is 1. The fourth-order valence-electron chi connectivity index (χ4n) is 1.61. The SMILES string of the molecule is CCN(CC)CCSc1ccc([N+](=O)[O-])cc1N. The molecule has 0 aliphatic rings. The Bertz CT molecular complexity index is 408. The Balaban J connectivity index is 2.55. The van der Waals surface area contributed by atoms with Crippen molar-refractivity contribution in [2.45, 2.75) is 18.7 Å². The second-order valence-corrected chi connectivity index (χ2v) is 4.99. The van der Waals surface area contributed by atoms with Gasteiger partial charge in [0.15, 0.2) is 0 Å². The van der Waals surface area contributed by atoms with Gasteiger partial charge in [-0.15, -0.1) is 11.8 Å². The minimum atomic E-state index is -0.430. The van der Waals surface area contributed by atoms with E-state index in [2.05, 4.69) is 18.7 Å². The molecule has 0 fully saturated rings. The third-order valence-corrected chi connectivity index (χ3v) is 3.83. The molecule has 0 heterocycles. The molecule has 1 rings (SSSR count). The summed E-state index contributed by atoms with van der Waals surface area (Å²) in [6.45, 7) is 7.33. The zero-order valence-corrected chi connectivity index (χ0v) is 11.6. The summed E-state index contributed by atoms with van der Waals surface area (Å²) in [4.78, 5) is 13.4. The number of benzene rings is 1. The maximum Gasteiger partial charge on any atom is 0.271 e. The first-order valence-corrected chi connectivity index (χ1v) is 6.96.